The summed E-state index contributed by atoms with van der Waals surface area (Å²) in [6.07, 6.45) is 4.02. The van der Waals surface area contributed by atoms with Crippen molar-refractivity contribution in [2.45, 2.75) is 6.42 Å². The van der Waals surface area contributed by atoms with Gasteiger partial charge in [0.05, 0.1) is 23.3 Å². The molecule has 5 rings (SSSR count). The molecule has 4 aromatic rings. The van der Waals surface area contributed by atoms with Gasteiger partial charge in [0.1, 0.15) is 6.33 Å². The molecule has 1 aromatic carbocycles. The van der Waals surface area contributed by atoms with Crippen molar-refractivity contribution in [2.75, 3.05) is 0 Å². The average Bonchev–Trinajstić information content (AvgIpc) is 3.27. The minimum atomic E-state index is -0.545. The molecule has 4 heterocycles. The Bertz CT molecular complexity index is 1140. The van der Waals surface area contributed by atoms with E-state index >= 15 is 0 Å². The molecule has 1 aliphatic heterocycles. The minimum absolute atomic E-state index is 0.163. The highest BCUT2D eigenvalue weighted by atomic mass is 35.5. The van der Waals surface area contributed by atoms with Crippen molar-refractivity contribution in [1.29, 1.82) is 0 Å². The Balaban J connectivity index is 1.83. The molecular weight excluding hydrogens is 332 g/mol. The van der Waals surface area contributed by atoms with Crippen LogP contribution in [-0.2, 0) is 6.42 Å². The second kappa shape index (κ2) is 4.68. The number of halogens is 1. The van der Waals surface area contributed by atoms with Crippen molar-refractivity contribution < 1.29 is 4.52 Å². The van der Waals surface area contributed by atoms with Crippen LogP contribution in [0.1, 0.15) is 11.3 Å². The lowest BCUT2D eigenvalue weighted by atomic mass is 10.0. The molecule has 0 radical (unpaired) electrons. The highest BCUT2D eigenvalue weighted by Gasteiger charge is 2.26. The van der Waals surface area contributed by atoms with E-state index in [0.717, 1.165) is 28.2 Å². The van der Waals surface area contributed by atoms with E-state index in [2.05, 4.69) is 25.3 Å². The Morgan fingerprint density at radius 2 is 2.25 bits per heavy atom. The van der Waals surface area contributed by atoms with Gasteiger partial charge in [-0.05, 0) is 18.2 Å². The predicted molar refractivity (Wildman–Crippen MR) is 85.1 cm³/mol. The monoisotopic (exact) mass is 340 g/mol. The van der Waals surface area contributed by atoms with E-state index in [1.165, 1.54) is 0 Å². The number of rotatable bonds is 1. The highest BCUT2D eigenvalue weighted by molar-refractivity contribution is 6.31. The van der Waals surface area contributed by atoms with Crippen LogP contribution in [0.5, 0.6) is 0 Å². The number of fused-ring (bicyclic) bond motifs is 5. The van der Waals surface area contributed by atoms with Crippen molar-refractivity contribution in [2.24, 2.45) is 0 Å². The first-order valence-corrected chi connectivity index (χ1v) is 7.53. The molecule has 0 spiro atoms. The SMILES string of the molecule is O=c1nc(-c2ncn3c2Cc2cn[nH]c2-c2cc(Cl)ccc2-3)o[nH]1. The van der Waals surface area contributed by atoms with E-state index < -0.39 is 5.69 Å². The lowest BCUT2D eigenvalue weighted by Crippen LogP contribution is -2.02. The number of hydrogen-bond donors (Lipinski definition) is 2. The van der Waals surface area contributed by atoms with Crippen LogP contribution in [0, 0.1) is 0 Å². The molecule has 2 N–H and O–H groups in total. The Hall–Kier alpha value is -3.13. The molecule has 3 aromatic heterocycles. The van der Waals surface area contributed by atoms with Crippen LogP contribution in [0.15, 0.2) is 40.0 Å². The topological polar surface area (TPSA) is 105 Å². The van der Waals surface area contributed by atoms with E-state index in [1.54, 1.807) is 12.5 Å². The van der Waals surface area contributed by atoms with Gasteiger partial charge >= 0.3 is 5.69 Å². The van der Waals surface area contributed by atoms with E-state index in [-0.39, 0.29) is 5.89 Å². The quantitative estimate of drug-likeness (QED) is 0.486. The van der Waals surface area contributed by atoms with Gasteiger partial charge in [-0.2, -0.15) is 15.2 Å². The maximum atomic E-state index is 11.3. The minimum Gasteiger partial charge on any atom is -0.355 e. The third-order valence-electron chi connectivity index (χ3n) is 4.07. The fourth-order valence-electron chi connectivity index (χ4n) is 3.04. The summed E-state index contributed by atoms with van der Waals surface area (Å²) >= 11 is 6.17. The molecule has 0 bridgehead atoms. The molecule has 9 heteroatoms. The molecule has 1 aliphatic rings. The van der Waals surface area contributed by atoms with E-state index in [9.17, 15) is 4.79 Å². The van der Waals surface area contributed by atoms with Crippen LogP contribution >= 0.6 is 11.6 Å². The average molecular weight is 341 g/mol. The summed E-state index contributed by atoms with van der Waals surface area (Å²) in [5.41, 5.74) is 4.58. The molecule has 0 unspecified atom stereocenters. The van der Waals surface area contributed by atoms with Gasteiger partial charge in [-0.15, -0.1) is 0 Å². The zero-order chi connectivity index (χ0) is 16.3. The summed E-state index contributed by atoms with van der Waals surface area (Å²) in [6, 6.07) is 5.63. The zero-order valence-corrected chi connectivity index (χ0v) is 12.8. The predicted octanol–water partition coefficient (Wildman–Crippen LogP) is 2.16. The number of aromatic amines is 2. The zero-order valence-electron chi connectivity index (χ0n) is 12.1. The summed E-state index contributed by atoms with van der Waals surface area (Å²) in [4.78, 5) is 19.5. The van der Waals surface area contributed by atoms with Crippen LogP contribution in [0.3, 0.4) is 0 Å². The largest absolute Gasteiger partial charge is 0.377 e. The fraction of sp³-hybridized carbons (Fsp3) is 0.0667. The van der Waals surface area contributed by atoms with Crippen LogP contribution in [0.2, 0.25) is 5.02 Å². The lowest BCUT2D eigenvalue weighted by molar-refractivity contribution is 0.423. The van der Waals surface area contributed by atoms with Crippen molar-refractivity contribution >= 4 is 11.6 Å². The van der Waals surface area contributed by atoms with E-state index in [0.29, 0.717) is 17.1 Å². The van der Waals surface area contributed by atoms with E-state index in [1.807, 2.05) is 22.8 Å². The van der Waals surface area contributed by atoms with Gasteiger partial charge in [-0.3, -0.25) is 5.10 Å². The van der Waals surface area contributed by atoms with Gasteiger partial charge in [-0.1, -0.05) is 11.6 Å². The molecule has 8 nitrogen and oxygen atoms in total. The number of H-pyrrole nitrogens is 2. The highest BCUT2D eigenvalue weighted by Crippen LogP contribution is 2.37. The first-order valence-electron chi connectivity index (χ1n) is 7.15. The normalized spacial score (nSPS) is 12.4. The summed E-state index contributed by atoms with van der Waals surface area (Å²) in [5.74, 6) is 0.163. The van der Waals surface area contributed by atoms with Gasteiger partial charge in [0.2, 0.25) is 0 Å². The number of nitrogens with one attached hydrogen (secondary N) is 2. The molecule has 24 heavy (non-hydrogen) atoms. The van der Waals surface area contributed by atoms with Crippen LogP contribution < -0.4 is 5.69 Å². The Labute approximate surface area is 139 Å². The Kier molecular flexibility index (Phi) is 2.60. The molecule has 0 aliphatic carbocycles. The first-order chi connectivity index (χ1) is 11.7. The van der Waals surface area contributed by atoms with Crippen molar-refractivity contribution in [1.82, 2.24) is 29.9 Å². The smallest absolute Gasteiger partial charge is 0.355 e. The molecule has 0 saturated carbocycles. The number of aromatic nitrogens is 6. The standard InChI is InChI=1S/C15H9ClN6O2/c16-8-1-2-10-9(4-8)12-7(5-18-20-12)3-11-13(17-6-22(10)11)14-19-15(23)21-24-14/h1-2,4-6H,3H2,(H,18,20)(H,21,23). The molecule has 0 amide bonds. The number of nitrogens with zero attached hydrogens (tertiary/aromatic N) is 4. The molecular formula is C15H9ClN6O2. The first kappa shape index (κ1) is 13.3. The summed E-state index contributed by atoms with van der Waals surface area (Å²) in [6.45, 7) is 0. The molecule has 0 fully saturated rings. The second-order valence-electron chi connectivity index (χ2n) is 5.44. The van der Waals surface area contributed by atoms with Gasteiger partial charge in [-0.25, -0.2) is 9.78 Å². The summed E-state index contributed by atoms with van der Waals surface area (Å²) < 4.78 is 7.07. The van der Waals surface area contributed by atoms with Gasteiger partial charge in [0, 0.05) is 22.6 Å². The van der Waals surface area contributed by atoms with Gasteiger partial charge < -0.3 is 9.09 Å². The third kappa shape index (κ3) is 1.80. The van der Waals surface area contributed by atoms with Crippen molar-refractivity contribution in [3.05, 3.63) is 57.5 Å². The lowest BCUT2D eigenvalue weighted by Gasteiger charge is -2.09. The van der Waals surface area contributed by atoms with Crippen LogP contribution in [0.25, 0.3) is 28.5 Å². The molecule has 0 atom stereocenters. The van der Waals surface area contributed by atoms with Crippen molar-refractivity contribution in [3.63, 3.8) is 0 Å². The number of hydrogen-bond acceptors (Lipinski definition) is 5. The van der Waals surface area contributed by atoms with Crippen molar-refractivity contribution in [3.8, 4) is 28.5 Å². The maximum Gasteiger partial charge on any atom is 0.377 e. The Morgan fingerprint density at radius 3 is 3.08 bits per heavy atom. The summed E-state index contributed by atoms with van der Waals surface area (Å²) in [5, 5.41) is 10.0. The fourth-order valence-corrected chi connectivity index (χ4v) is 3.21. The van der Waals surface area contributed by atoms with Crippen LogP contribution in [0.4, 0.5) is 0 Å². The molecule has 0 saturated heterocycles. The maximum absolute atomic E-state index is 11.3. The van der Waals surface area contributed by atoms with E-state index in [4.69, 9.17) is 16.1 Å². The van der Waals surface area contributed by atoms with Crippen LogP contribution in [-0.4, -0.2) is 29.9 Å². The number of imidazole rings is 1. The van der Waals surface area contributed by atoms with Gasteiger partial charge in [0.15, 0.2) is 5.69 Å². The third-order valence-corrected chi connectivity index (χ3v) is 4.31. The summed E-state index contributed by atoms with van der Waals surface area (Å²) in [7, 11) is 0. The Morgan fingerprint density at radius 1 is 1.33 bits per heavy atom. The molecule has 118 valence electrons. The second-order valence-corrected chi connectivity index (χ2v) is 5.88. The van der Waals surface area contributed by atoms with Gasteiger partial charge in [0.25, 0.3) is 5.89 Å². The number of benzene rings is 1.